The molecule has 1 saturated carbocycles. The van der Waals surface area contributed by atoms with Crippen molar-refractivity contribution >= 4 is 5.82 Å². The van der Waals surface area contributed by atoms with Crippen LogP contribution >= 0.6 is 0 Å². The van der Waals surface area contributed by atoms with Crippen LogP contribution in [0.5, 0.6) is 0 Å². The second-order valence-corrected chi connectivity index (χ2v) is 7.39. The van der Waals surface area contributed by atoms with Gasteiger partial charge in [-0.15, -0.1) is 0 Å². The second-order valence-electron chi connectivity index (χ2n) is 7.39. The lowest BCUT2D eigenvalue weighted by Crippen LogP contribution is -2.22. The fraction of sp³-hybridized carbons (Fsp3) is 0.765. The van der Waals surface area contributed by atoms with Crippen LogP contribution < -0.4 is 5.32 Å². The molecule has 1 heterocycles. The standard InChI is InChI=1S/C17H29N3/c1-12(2)10-14-11-15(18-5)20-16(19-14)13-6-8-17(3,4)9-7-13/h11-13H,6-10H2,1-5H3,(H,18,19,20). The maximum atomic E-state index is 4.84. The Morgan fingerprint density at radius 2 is 1.90 bits per heavy atom. The van der Waals surface area contributed by atoms with Crippen molar-refractivity contribution in [3.8, 4) is 0 Å². The first kappa shape index (κ1) is 15.3. The monoisotopic (exact) mass is 275 g/mol. The van der Waals surface area contributed by atoms with E-state index in [1.807, 2.05) is 7.05 Å². The zero-order valence-corrected chi connectivity index (χ0v) is 13.7. The minimum absolute atomic E-state index is 0.498. The first-order valence-corrected chi connectivity index (χ1v) is 7.95. The van der Waals surface area contributed by atoms with Gasteiger partial charge in [0.1, 0.15) is 11.6 Å². The van der Waals surface area contributed by atoms with Gasteiger partial charge in [0.2, 0.25) is 0 Å². The summed E-state index contributed by atoms with van der Waals surface area (Å²) >= 11 is 0. The van der Waals surface area contributed by atoms with Crippen molar-refractivity contribution in [1.29, 1.82) is 0 Å². The summed E-state index contributed by atoms with van der Waals surface area (Å²) in [5.41, 5.74) is 1.68. The highest BCUT2D eigenvalue weighted by Gasteiger charge is 2.29. The van der Waals surface area contributed by atoms with Crippen LogP contribution in [-0.2, 0) is 6.42 Å². The van der Waals surface area contributed by atoms with Gasteiger partial charge in [-0.2, -0.15) is 0 Å². The lowest BCUT2D eigenvalue weighted by atomic mass is 9.73. The number of anilines is 1. The molecular formula is C17H29N3. The van der Waals surface area contributed by atoms with Crippen LogP contribution in [0.3, 0.4) is 0 Å². The molecule has 0 amide bonds. The average Bonchev–Trinajstić information content (AvgIpc) is 2.37. The molecule has 20 heavy (non-hydrogen) atoms. The van der Waals surface area contributed by atoms with Gasteiger partial charge in [-0.3, -0.25) is 0 Å². The van der Waals surface area contributed by atoms with E-state index in [9.17, 15) is 0 Å². The van der Waals surface area contributed by atoms with Crippen LogP contribution in [0.15, 0.2) is 6.07 Å². The van der Waals surface area contributed by atoms with E-state index in [1.165, 1.54) is 31.4 Å². The van der Waals surface area contributed by atoms with Gasteiger partial charge < -0.3 is 5.32 Å². The van der Waals surface area contributed by atoms with Gasteiger partial charge in [-0.05, 0) is 43.4 Å². The normalized spacial score (nSPS) is 19.3. The third-order valence-electron chi connectivity index (χ3n) is 4.37. The van der Waals surface area contributed by atoms with Gasteiger partial charge in [-0.25, -0.2) is 9.97 Å². The number of hydrogen-bond donors (Lipinski definition) is 1. The molecule has 0 spiro atoms. The zero-order chi connectivity index (χ0) is 14.8. The molecule has 1 fully saturated rings. The van der Waals surface area contributed by atoms with Crippen molar-refractivity contribution < 1.29 is 0 Å². The molecule has 0 aliphatic heterocycles. The first-order chi connectivity index (χ1) is 9.39. The molecule has 1 aliphatic carbocycles. The third kappa shape index (κ3) is 3.94. The van der Waals surface area contributed by atoms with Crippen LogP contribution in [-0.4, -0.2) is 17.0 Å². The van der Waals surface area contributed by atoms with Crippen molar-refractivity contribution in [2.45, 2.75) is 65.7 Å². The molecule has 0 aromatic carbocycles. The highest BCUT2D eigenvalue weighted by Crippen LogP contribution is 2.41. The van der Waals surface area contributed by atoms with E-state index in [4.69, 9.17) is 9.97 Å². The number of hydrogen-bond acceptors (Lipinski definition) is 3. The highest BCUT2D eigenvalue weighted by molar-refractivity contribution is 5.36. The van der Waals surface area contributed by atoms with E-state index < -0.39 is 0 Å². The minimum Gasteiger partial charge on any atom is -0.373 e. The van der Waals surface area contributed by atoms with Gasteiger partial charge in [0.05, 0.1) is 0 Å². The zero-order valence-electron chi connectivity index (χ0n) is 13.7. The van der Waals surface area contributed by atoms with Crippen molar-refractivity contribution in [3.05, 3.63) is 17.6 Å². The summed E-state index contributed by atoms with van der Waals surface area (Å²) in [7, 11) is 1.94. The lowest BCUT2D eigenvalue weighted by molar-refractivity contribution is 0.220. The Morgan fingerprint density at radius 1 is 1.25 bits per heavy atom. The number of aromatic nitrogens is 2. The van der Waals surface area contributed by atoms with Crippen LogP contribution in [0.2, 0.25) is 0 Å². The Morgan fingerprint density at radius 3 is 2.45 bits per heavy atom. The van der Waals surface area contributed by atoms with Crippen LogP contribution in [0, 0.1) is 11.3 Å². The van der Waals surface area contributed by atoms with Gasteiger partial charge in [0, 0.05) is 24.7 Å². The maximum Gasteiger partial charge on any atom is 0.134 e. The fourth-order valence-corrected chi connectivity index (χ4v) is 3.01. The summed E-state index contributed by atoms with van der Waals surface area (Å²) in [5, 5.41) is 3.19. The van der Waals surface area contributed by atoms with Gasteiger partial charge in [-0.1, -0.05) is 27.7 Å². The number of nitrogens with zero attached hydrogens (tertiary/aromatic N) is 2. The lowest BCUT2D eigenvalue weighted by Gasteiger charge is -2.33. The summed E-state index contributed by atoms with van der Waals surface area (Å²) < 4.78 is 0. The number of nitrogens with one attached hydrogen (secondary N) is 1. The smallest absolute Gasteiger partial charge is 0.134 e. The molecule has 1 aliphatic rings. The average molecular weight is 275 g/mol. The molecule has 2 rings (SSSR count). The Labute approximate surface area is 123 Å². The molecular weight excluding hydrogens is 246 g/mol. The largest absolute Gasteiger partial charge is 0.373 e. The molecule has 0 atom stereocenters. The Hall–Kier alpha value is -1.12. The molecule has 0 saturated heterocycles. The summed E-state index contributed by atoms with van der Waals surface area (Å²) in [6, 6.07) is 2.09. The van der Waals surface area contributed by atoms with Gasteiger partial charge in [0.25, 0.3) is 0 Å². The summed E-state index contributed by atoms with van der Waals surface area (Å²) in [4.78, 5) is 9.55. The van der Waals surface area contributed by atoms with Crippen LogP contribution in [0.1, 0.15) is 70.8 Å². The quantitative estimate of drug-likeness (QED) is 0.885. The SMILES string of the molecule is CNc1cc(CC(C)C)nc(C2CCC(C)(C)CC2)n1. The molecule has 3 nitrogen and oxygen atoms in total. The maximum absolute atomic E-state index is 4.84. The van der Waals surface area contributed by atoms with Crippen LogP contribution in [0.25, 0.3) is 0 Å². The predicted molar refractivity (Wildman–Crippen MR) is 85.1 cm³/mol. The summed E-state index contributed by atoms with van der Waals surface area (Å²) in [6.45, 7) is 9.23. The topological polar surface area (TPSA) is 37.8 Å². The van der Waals surface area contributed by atoms with E-state index >= 15 is 0 Å². The molecule has 0 unspecified atom stereocenters. The van der Waals surface area contributed by atoms with Crippen molar-refractivity contribution in [2.24, 2.45) is 11.3 Å². The predicted octanol–water partition coefficient (Wildman–Crippen LogP) is 4.40. The molecule has 1 aromatic heterocycles. The highest BCUT2D eigenvalue weighted by atomic mass is 15.0. The number of rotatable bonds is 4. The Bertz CT molecular complexity index is 442. The van der Waals surface area contributed by atoms with Gasteiger partial charge in [0.15, 0.2) is 0 Å². The minimum atomic E-state index is 0.498. The first-order valence-electron chi connectivity index (χ1n) is 7.95. The molecule has 3 heteroatoms. The molecule has 0 radical (unpaired) electrons. The van der Waals surface area contributed by atoms with Crippen LogP contribution in [0.4, 0.5) is 5.82 Å². The molecule has 1 N–H and O–H groups in total. The van der Waals surface area contributed by atoms with E-state index in [0.717, 1.165) is 18.1 Å². The molecule has 1 aromatic rings. The van der Waals surface area contributed by atoms with Crippen molar-refractivity contribution in [3.63, 3.8) is 0 Å². The van der Waals surface area contributed by atoms with Crippen molar-refractivity contribution in [2.75, 3.05) is 12.4 Å². The van der Waals surface area contributed by atoms with E-state index in [2.05, 4.69) is 39.1 Å². The Kier molecular flexibility index (Phi) is 4.66. The van der Waals surface area contributed by atoms with E-state index in [1.54, 1.807) is 0 Å². The van der Waals surface area contributed by atoms with Crippen molar-refractivity contribution in [1.82, 2.24) is 9.97 Å². The third-order valence-corrected chi connectivity index (χ3v) is 4.37. The van der Waals surface area contributed by atoms with Gasteiger partial charge >= 0.3 is 0 Å². The molecule has 0 bridgehead atoms. The Balaban J connectivity index is 2.18. The second kappa shape index (κ2) is 6.11. The van der Waals surface area contributed by atoms with E-state index in [-0.39, 0.29) is 0 Å². The summed E-state index contributed by atoms with van der Waals surface area (Å²) in [5.74, 6) is 3.20. The van der Waals surface area contributed by atoms with E-state index in [0.29, 0.717) is 17.3 Å². The fourth-order valence-electron chi connectivity index (χ4n) is 3.01. The summed E-state index contributed by atoms with van der Waals surface area (Å²) in [6.07, 6.45) is 6.04. The molecule has 112 valence electrons.